The second-order valence-electron chi connectivity index (χ2n) is 6.06. The summed E-state index contributed by atoms with van der Waals surface area (Å²) in [6, 6.07) is 16.0. The molecular formula is C21H21N5O3. The van der Waals surface area contributed by atoms with Crippen LogP contribution in [-0.2, 0) is 9.53 Å². The van der Waals surface area contributed by atoms with Crippen molar-refractivity contribution in [1.29, 1.82) is 0 Å². The molecule has 0 aliphatic heterocycles. The van der Waals surface area contributed by atoms with Crippen LogP contribution in [0.5, 0.6) is 0 Å². The molecule has 0 fully saturated rings. The van der Waals surface area contributed by atoms with Crippen molar-refractivity contribution in [3.05, 3.63) is 66.5 Å². The predicted octanol–water partition coefficient (Wildman–Crippen LogP) is 4.10. The molecule has 0 unspecified atom stereocenters. The Morgan fingerprint density at radius 1 is 0.931 bits per heavy atom. The molecule has 0 spiro atoms. The van der Waals surface area contributed by atoms with Crippen molar-refractivity contribution in [2.75, 3.05) is 22.6 Å². The molecule has 0 aliphatic carbocycles. The van der Waals surface area contributed by atoms with Crippen LogP contribution in [-0.4, -0.2) is 28.5 Å². The fraction of sp³-hybridized carbons (Fsp3) is 0.143. The first kappa shape index (κ1) is 19.8. The van der Waals surface area contributed by atoms with E-state index >= 15 is 0 Å². The first-order valence-corrected chi connectivity index (χ1v) is 9.05. The Bertz CT molecular complexity index is 1010. The first-order valence-electron chi connectivity index (χ1n) is 9.05. The van der Waals surface area contributed by atoms with Crippen LogP contribution in [0.3, 0.4) is 0 Å². The van der Waals surface area contributed by atoms with Crippen LogP contribution in [0.2, 0.25) is 0 Å². The molecule has 0 bridgehead atoms. The summed E-state index contributed by atoms with van der Waals surface area (Å²) in [6.07, 6.45) is 1.42. The lowest BCUT2D eigenvalue weighted by Crippen LogP contribution is -2.08. The van der Waals surface area contributed by atoms with E-state index in [4.69, 9.17) is 4.74 Å². The zero-order valence-electron chi connectivity index (χ0n) is 16.1. The monoisotopic (exact) mass is 391 g/mol. The van der Waals surface area contributed by atoms with Gasteiger partial charge in [0.15, 0.2) is 0 Å². The molecule has 8 heteroatoms. The Balaban J connectivity index is 1.74. The Hall–Kier alpha value is -3.94. The predicted molar refractivity (Wildman–Crippen MR) is 112 cm³/mol. The largest absolute Gasteiger partial charge is 0.462 e. The Kier molecular flexibility index (Phi) is 6.36. The number of hydrogen-bond acceptors (Lipinski definition) is 7. The maximum Gasteiger partial charge on any atom is 0.340 e. The number of carbonyl (C=O) groups excluding carboxylic acids is 2. The molecule has 148 valence electrons. The van der Waals surface area contributed by atoms with Crippen LogP contribution < -0.4 is 16.0 Å². The number of rotatable bonds is 7. The van der Waals surface area contributed by atoms with Crippen LogP contribution >= 0.6 is 0 Å². The lowest BCUT2D eigenvalue weighted by atomic mass is 10.2. The number of para-hydroxylation sites is 1. The van der Waals surface area contributed by atoms with E-state index in [9.17, 15) is 9.59 Å². The van der Waals surface area contributed by atoms with Crippen LogP contribution in [0.25, 0.3) is 0 Å². The quantitative estimate of drug-likeness (QED) is 0.521. The summed E-state index contributed by atoms with van der Waals surface area (Å²) in [5.74, 6) is 0.570. The molecule has 0 saturated carbocycles. The second-order valence-corrected chi connectivity index (χ2v) is 6.06. The van der Waals surface area contributed by atoms with Crippen LogP contribution in [0.15, 0.2) is 60.9 Å². The zero-order valence-corrected chi connectivity index (χ0v) is 16.1. The number of aromatic nitrogens is 2. The van der Waals surface area contributed by atoms with Crippen molar-refractivity contribution >= 4 is 40.6 Å². The molecule has 29 heavy (non-hydrogen) atoms. The molecule has 3 aromatic rings. The number of hydrogen-bond donors (Lipinski definition) is 3. The number of esters is 1. The number of nitrogens with zero attached hydrogens (tertiary/aromatic N) is 2. The van der Waals surface area contributed by atoms with Crippen molar-refractivity contribution in [2.45, 2.75) is 13.8 Å². The van der Waals surface area contributed by atoms with E-state index in [0.717, 1.165) is 5.69 Å². The van der Waals surface area contributed by atoms with Crippen molar-refractivity contribution in [3.8, 4) is 0 Å². The van der Waals surface area contributed by atoms with E-state index in [1.54, 1.807) is 43.3 Å². The minimum Gasteiger partial charge on any atom is -0.462 e. The number of carbonyl (C=O) groups is 2. The molecule has 3 rings (SSSR count). The molecule has 0 atom stereocenters. The topological polar surface area (TPSA) is 105 Å². The van der Waals surface area contributed by atoms with Crippen molar-refractivity contribution in [3.63, 3.8) is 0 Å². The van der Waals surface area contributed by atoms with Gasteiger partial charge in [-0.05, 0) is 43.3 Å². The lowest BCUT2D eigenvalue weighted by molar-refractivity contribution is -0.114. The normalized spacial score (nSPS) is 10.1. The lowest BCUT2D eigenvalue weighted by Gasteiger charge is -2.12. The van der Waals surface area contributed by atoms with Gasteiger partial charge in [0.2, 0.25) is 5.91 Å². The zero-order chi connectivity index (χ0) is 20.6. The van der Waals surface area contributed by atoms with Crippen molar-refractivity contribution in [1.82, 2.24) is 9.97 Å². The minimum atomic E-state index is -0.401. The highest BCUT2D eigenvalue weighted by atomic mass is 16.5. The van der Waals surface area contributed by atoms with Gasteiger partial charge in [-0.25, -0.2) is 14.8 Å². The molecule has 1 heterocycles. The maximum absolute atomic E-state index is 12.1. The highest BCUT2D eigenvalue weighted by Gasteiger charge is 2.12. The Morgan fingerprint density at radius 3 is 2.28 bits per heavy atom. The average molecular weight is 391 g/mol. The van der Waals surface area contributed by atoms with Gasteiger partial charge in [-0.3, -0.25) is 4.79 Å². The van der Waals surface area contributed by atoms with Gasteiger partial charge in [0.25, 0.3) is 0 Å². The molecule has 0 aliphatic rings. The van der Waals surface area contributed by atoms with E-state index < -0.39 is 5.97 Å². The molecule has 0 radical (unpaired) electrons. The van der Waals surface area contributed by atoms with Gasteiger partial charge >= 0.3 is 5.97 Å². The molecule has 1 amide bonds. The standard InChI is InChI=1S/C21H21N5O3/c1-3-29-21(28)17-6-4-5-7-18(17)26-20-12-19(22-13-23-20)25-16-10-8-15(9-11-16)24-14(2)27/h4-13H,3H2,1-2H3,(H,24,27)(H2,22,23,25,26). The van der Waals surface area contributed by atoms with Gasteiger partial charge < -0.3 is 20.7 Å². The smallest absolute Gasteiger partial charge is 0.340 e. The molecular weight excluding hydrogens is 370 g/mol. The summed E-state index contributed by atoms with van der Waals surface area (Å²) in [5, 5.41) is 9.02. The van der Waals surface area contributed by atoms with E-state index in [-0.39, 0.29) is 5.91 Å². The Morgan fingerprint density at radius 2 is 1.59 bits per heavy atom. The number of anilines is 5. The third-order valence-electron chi connectivity index (χ3n) is 3.83. The van der Waals surface area contributed by atoms with E-state index in [1.165, 1.54) is 13.3 Å². The molecule has 2 aromatic carbocycles. The summed E-state index contributed by atoms with van der Waals surface area (Å²) < 4.78 is 5.09. The van der Waals surface area contributed by atoms with E-state index in [1.807, 2.05) is 18.2 Å². The second kappa shape index (κ2) is 9.32. The summed E-state index contributed by atoms with van der Waals surface area (Å²) in [5.41, 5.74) is 2.53. The third kappa shape index (κ3) is 5.52. The number of nitrogens with one attached hydrogen (secondary N) is 3. The van der Waals surface area contributed by atoms with Gasteiger partial charge in [0.1, 0.15) is 18.0 Å². The highest BCUT2D eigenvalue weighted by Crippen LogP contribution is 2.23. The van der Waals surface area contributed by atoms with Crippen molar-refractivity contribution in [2.24, 2.45) is 0 Å². The highest BCUT2D eigenvalue weighted by molar-refractivity contribution is 5.96. The van der Waals surface area contributed by atoms with Crippen LogP contribution in [0.4, 0.5) is 28.7 Å². The van der Waals surface area contributed by atoms with Gasteiger partial charge in [-0.15, -0.1) is 0 Å². The average Bonchev–Trinajstić information content (AvgIpc) is 2.70. The maximum atomic E-state index is 12.1. The fourth-order valence-electron chi connectivity index (χ4n) is 2.60. The van der Waals surface area contributed by atoms with E-state index in [0.29, 0.717) is 35.2 Å². The molecule has 0 saturated heterocycles. The van der Waals surface area contributed by atoms with Crippen LogP contribution in [0.1, 0.15) is 24.2 Å². The summed E-state index contributed by atoms with van der Waals surface area (Å²) in [4.78, 5) is 31.6. The molecule has 1 aromatic heterocycles. The summed E-state index contributed by atoms with van der Waals surface area (Å²) in [6.45, 7) is 3.52. The summed E-state index contributed by atoms with van der Waals surface area (Å²) >= 11 is 0. The first-order chi connectivity index (χ1) is 14.0. The molecule has 8 nitrogen and oxygen atoms in total. The summed E-state index contributed by atoms with van der Waals surface area (Å²) in [7, 11) is 0. The third-order valence-corrected chi connectivity index (χ3v) is 3.83. The number of amides is 1. The molecule has 3 N–H and O–H groups in total. The van der Waals surface area contributed by atoms with Gasteiger partial charge in [-0.1, -0.05) is 12.1 Å². The van der Waals surface area contributed by atoms with Gasteiger partial charge in [0.05, 0.1) is 17.9 Å². The van der Waals surface area contributed by atoms with Crippen molar-refractivity contribution < 1.29 is 14.3 Å². The van der Waals surface area contributed by atoms with Gasteiger partial charge in [0, 0.05) is 24.4 Å². The number of ether oxygens (including phenoxy) is 1. The number of benzene rings is 2. The van der Waals surface area contributed by atoms with Crippen LogP contribution in [0, 0.1) is 0 Å². The minimum absolute atomic E-state index is 0.125. The van der Waals surface area contributed by atoms with Gasteiger partial charge in [-0.2, -0.15) is 0 Å². The van der Waals surface area contributed by atoms with E-state index in [2.05, 4.69) is 25.9 Å². The SMILES string of the molecule is CCOC(=O)c1ccccc1Nc1cc(Nc2ccc(NC(C)=O)cc2)ncn1. The Labute approximate surface area is 168 Å². The fourth-order valence-corrected chi connectivity index (χ4v) is 2.60.